The quantitative estimate of drug-likeness (QED) is 0.332. The van der Waals surface area contributed by atoms with Crippen LogP contribution < -0.4 is 10.5 Å². The zero-order valence-electron chi connectivity index (χ0n) is 3.97. The van der Waals surface area contributed by atoms with Crippen LogP contribution in [0.25, 0.3) is 0 Å². The molecule has 1 aliphatic heterocycles. The summed E-state index contributed by atoms with van der Waals surface area (Å²) < 4.78 is 0. The Morgan fingerprint density at radius 1 is 1.62 bits per heavy atom. The summed E-state index contributed by atoms with van der Waals surface area (Å²) in [5, 5.41) is 5.55. The summed E-state index contributed by atoms with van der Waals surface area (Å²) in [4.78, 5) is 20.5. The molecule has 2 N–H and O–H groups in total. The van der Waals surface area contributed by atoms with Crippen LogP contribution >= 0.6 is 0 Å². The maximum atomic E-state index is 10.3. The van der Waals surface area contributed by atoms with Crippen molar-refractivity contribution in [1.29, 1.82) is 0 Å². The van der Waals surface area contributed by atoms with Crippen molar-refractivity contribution >= 4 is 11.7 Å². The molecule has 0 spiro atoms. The molecule has 0 atom stereocenters. The molecule has 0 saturated heterocycles. The zero-order valence-corrected chi connectivity index (χ0v) is 3.97. The highest BCUT2D eigenvalue weighted by Gasteiger charge is 2.21. The molecule has 1 heterocycles. The first-order valence-electron chi connectivity index (χ1n) is 2.06. The Morgan fingerprint density at radius 2 is 2.38 bits per heavy atom. The Morgan fingerprint density at radius 3 is 2.75 bits per heavy atom. The van der Waals surface area contributed by atoms with Gasteiger partial charge in [-0.3, -0.25) is 4.79 Å². The second-order valence-electron chi connectivity index (χ2n) is 1.31. The molecule has 0 aromatic rings. The van der Waals surface area contributed by atoms with Crippen LogP contribution in [0.4, 0.5) is 0 Å². The molecule has 1 rings (SSSR count). The SMILES string of the molecule is O=C1C[NH+]=NNC1=O. The van der Waals surface area contributed by atoms with Crippen molar-refractivity contribution in [2.24, 2.45) is 5.22 Å². The standard InChI is InChI=1S/C3H3N3O2/c7-2-1-4-6-5-3(2)8/h1H2,(H,4,5,8)/p+1. The van der Waals surface area contributed by atoms with Crippen molar-refractivity contribution in [2.45, 2.75) is 0 Å². The Kier molecular flexibility index (Phi) is 1.03. The lowest BCUT2D eigenvalue weighted by Crippen LogP contribution is -2.74. The van der Waals surface area contributed by atoms with Crippen molar-refractivity contribution in [3.05, 3.63) is 0 Å². The van der Waals surface area contributed by atoms with Crippen LogP contribution in [-0.2, 0) is 9.59 Å². The van der Waals surface area contributed by atoms with E-state index in [4.69, 9.17) is 0 Å². The highest BCUT2D eigenvalue weighted by atomic mass is 16.2. The Labute approximate surface area is 44.8 Å². The maximum Gasteiger partial charge on any atom is 0.399 e. The number of carbonyl (C=O) groups excluding carboxylic acids is 2. The number of carbonyl (C=O) groups is 2. The number of nitrogens with one attached hydrogen (secondary N) is 2. The van der Waals surface area contributed by atoms with E-state index in [-0.39, 0.29) is 6.54 Å². The number of amides is 1. The number of hydrogen-bond acceptors (Lipinski definition) is 3. The van der Waals surface area contributed by atoms with E-state index in [9.17, 15) is 9.59 Å². The van der Waals surface area contributed by atoms with E-state index in [2.05, 4.69) is 10.3 Å². The molecule has 5 heteroatoms. The van der Waals surface area contributed by atoms with Crippen molar-refractivity contribution < 1.29 is 14.7 Å². The fraction of sp³-hybridized carbons (Fsp3) is 0.333. The van der Waals surface area contributed by atoms with Gasteiger partial charge in [0, 0.05) is 0 Å². The Bertz CT molecular complexity index is 144. The van der Waals surface area contributed by atoms with Crippen LogP contribution in [0.15, 0.2) is 5.22 Å². The lowest BCUT2D eigenvalue weighted by atomic mass is 10.4. The van der Waals surface area contributed by atoms with Gasteiger partial charge in [-0.1, -0.05) is 0 Å². The third-order valence-corrected chi connectivity index (χ3v) is 0.729. The highest BCUT2D eigenvalue weighted by molar-refractivity contribution is 6.36. The molecule has 0 bridgehead atoms. The predicted octanol–water partition coefficient (Wildman–Crippen LogP) is -2.87. The average Bonchev–Trinajstić information content (AvgIpc) is 1.77. The third-order valence-electron chi connectivity index (χ3n) is 0.729. The van der Waals surface area contributed by atoms with Crippen molar-refractivity contribution in [3.8, 4) is 0 Å². The summed E-state index contributed by atoms with van der Waals surface area (Å²) >= 11 is 0. The van der Waals surface area contributed by atoms with E-state index < -0.39 is 11.7 Å². The van der Waals surface area contributed by atoms with Crippen LogP contribution in [-0.4, -0.2) is 18.2 Å². The number of ketones is 1. The van der Waals surface area contributed by atoms with Crippen LogP contribution in [0.5, 0.6) is 0 Å². The number of rotatable bonds is 0. The molecule has 5 nitrogen and oxygen atoms in total. The zero-order chi connectivity index (χ0) is 5.98. The van der Waals surface area contributed by atoms with Crippen molar-refractivity contribution in [2.75, 3.05) is 6.54 Å². The minimum Gasteiger partial charge on any atom is -0.281 e. The van der Waals surface area contributed by atoms with Gasteiger partial charge in [0.05, 0.1) is 5.22 Å². The summed E-state index contributed by atoms with van der Waals surface area (Å²) in [5.74, 6) is -1.14. The van der Waals surface area contributed by atoms with Crippen LogP contribution in [0.1, 0.15) is 0 Å². The van der Waals surface area contributed by atoms with E-state index in [0.29, 0.717) is 0 Å². The normalized spacial score (nSPS) is 18.5. The van der Waals surface area contributed by atoms with Crippen molar-refractivity contribution in [3.63, 3.8) is 0 Å². The predicted molar refractivity (Wildman–Crippen MR) is 21.4 cm³/mol. The van der Waals surface area contributed by atoms with E-state index >= 15 is 0 Å². The van der Waals surface area contributed by atoms with Gasteiger partial charge < -0.3 is 0 Å². The highest BCUT2D eigenvalue weighted by Crippen LogP contribution is 1.68. The molecule has 0 fully saturated rings. The van der Waals surface area contributed by atoms with Crippen LogP contribution in [0, 0.1) is 0 Å². The molecule has 8 heavy (non-hydrogen) atoms. The first-order chi connectivity index (χ1) is 3.80. The average molecular weight is 114 g/mol. The fourth-order valence-electron chi connectivity index (χ4n) is 0.344. The van der Waals surface area contributed by atoms with E-state index in [1.54, 1.807) is 0 Å². The molecular formula is C3H4N3O2+. The minimum atomic E-state index is -0.649. The summed E-state index contributed by atoms with van der Waals surface area (Å²) in [7, 11) is 0. The Hall–Kier alpha value is -1.26. The molecule has 0 aromatic heterocycles. The van der Waals surface area contributed by atoms with Crippen LogP contribution in [0.2, 0.25) is 0 Å². The second-order valence-corrected chi connectivity index (χ2v) is 1.31. The topological polar surface area (TPSA) is 72.5 Å². The number of nitrogens with zero attached hydrogens (tertiary/aromatic N) is 1. The molecular weight excluding hydrogens is 110 g/mol. The summed E-state index contributed by atoms with van der Waals surface area (Å²) in [5.41, 5.74) is 1.96. The largest absolute Gasteiger partial charge is 0.399 e. The van der Waals surface area contributed by atoms with Gasteiger partial charge in [0.1, 0.15) is 0 Å². The molecule has 0 radical (unpaired) electrons. The van der Waals surface area contributed by atoms with Gasteiger partial charge in [-0.05, 0) is 0 Å². The van der Waals surface area contributed by atoms with Gasteiger partial charge in [0.25, 0.3) is 5.78 Å². The minimum absolute atomic E-state index is 0.00579. The monoisotopic (exact) mass is 114 g/mol. The summed E-state index contributed by atoms with van der Waals surface area (Å²) in [6.07, 6.45) is 0. The molecule has 0 aromatic carbocycles. The van der Waals surface area contributed by atoms with Gasteiger partial charge >= 0.3 is 5.91 Å². The van der Waals surface area contributed by atoms with Gasteiger partial charge in [0.2, 0.25) is 0 Å². The van der Waals surface area contributed by atoms with Gasteiger partial charge in [-0.2, -0.15) is 5.11 Å². The summed E-state index contributed by atoms with van der Waals surface area (Å²) in [6, 6.07) is 0. The number of Topliss-reactive ketones (excluding diaryl/α,β-unsaturated/α-hetero) is 1. The van der Waals surface area contributed by atoms with E-state index in [1.807, 2.05) is 5.43 Å². The Balaban J connectivity index is 2.71. The van der Waals surface area contributed by atoms with Gasteiger partial charge in [-0.15, -0.1) is 5.43 Å². The van der Waals surface area contributed by atoms with Gasteiger partial charge in [-0.25, -0.2) is 4.79 Å². The molecule has 0 saturated carbocycles. The maximum absolute atomic E-state index is 10.3. The summed E-state index contributed by atoms with van der Waals surface area (Å²) in [6.45, 7) is 0.00579. The smallest absolute Gasteiger partial charge is 0.281 e. The molecule has 42 valence electrons. The first kappa shape index (κ1) is 4.89. The van der Waals surface area contributed by atoms with Gasteiger partial charge in [0.15, 0.2) is 6.54 Å². The first-order valence-corrected chi connectivity index (χ1v) is 2.06. The lowest BCUT2D eigenvalue weighted by Gasteiger charge is -1.90. The lowest BCUT2D eigenvalue weighted by molar-refractivity contribution is -0.527. The molecule has 1 amide bonds. The molecule has 0 aliphatic carbocycles. The third kappa shape index (κ3) is 0.699. The molecule has 1 aliphatic rings. The van der Waals surface area contributed by atoms with Crippen LogP contribution in [0.3, 0.4) is 0 Å². The van der Waals surface area contributed by atoms with E-state index in [0.717, 1.165) is 0 Å². The fourth-order valence-corrected chi connectivity index (χ4v) is 0.344. The molecule has 0 unspecified atom stereocenters. The number of hydrogen-bond donors (Lipinski definition) is 2. The second kappa shape index (κ2) is 1.69. The van der Waals surface area contributed by atoms with Crippen molar-refractivity contribution in [1.82, 2.24) is 5.43 Å². The van der Waals surface area contributed by atoms with E-state index in [1.165, 1.54) is 0 Å².